The molecular weight excluding hydrogens is 262 g/mol. The molecule has 1 amide bonds. The minimum atomic E-state index is -0.203. The Hall–Kier alpha value is -0.610. The van der Waals surface area contributed by atoms with E-state index in [9.17, 15) is 4.79 Å². The van der Waals surface area contributed by atoms with Crippen molar-refractivity contribution in [1.82, 2.24) is 9.80 Å². The predicted molar refractivity (Wildman–Crippen MR) is 87.1 cm³/mol. The molecule has 4 nitrogen and oxygen atoms in total. The lowest BCUT2D eigenvalue weighted by Gasteiger charge is -2.36. The van der Waals surface area contributed by atoms with E-state index in [1.165, 1.54) is 12.8 Å². The number of nitrogens with two attached hydrogens (primary N) is 1. The average molecular weight is 295 g/mol. The molecule has 2 rings (SSSR count). The van der Waals surface area contributed by atoms with Crippen LogP contribution in [-0.2, 0) is 4.79 Å². The highest BCUT2D eigenvalue weighted by Crippen LogP contribution is 2.31. The van der Waals surface area contributed by atoms with Crippen LogP contribution in [-0.4, -0.2) is 54.0 Å². The summed E-state index contributed by atoms with van der Waals surface area (Å²) in [5.41, 5.74) is 6.14. The summed E-state index contributed by atoms with van der Waals surface area (Å²) in [6.45, 7) is 7.47. The van der Waals surface area contributed by atoms with E-state index in [1.807, 2.05) is 0 Å². The quantitative estimate of drug-likeness (QED) is 0.846. The summed E-state index contributed by atoms with van der Waals surface area (Å²) >= 11 is 0. The first-order chi connectivity index (χ1) is 9.89. The van der Waals surface area contributed by atoms with Crippen molar-refractivity contribution < 1.29 is 4.79 Å². The van der Waals surface area contributed by atoms with Crippen molar-refractivity contribution >= 4 is 5.91 Å². The number of hydrogen-bond donors (Lipinski definition) is 1. The maximum Gasteiger partial charge on any atom is 0.224 e. The van der Waals surface area contributed by atoms with Crippen molar-refractivity contribution in [2.45, 2.75) is 70.4 Å². The van der Waals surface area contributed by atoms with E-state index in [0.717, 1.165) is 51.2 Å². The van der Waals surface area contributed by atoms with Crippen LogP contribution < -0.4 is 5.73 Å². The van der Waals surface area contributed by atoms with E-state index in [0.29, 0.717) is 12.5 Å². The summed E-state index contributed by atoms with van der Waals surface area (Å²) in [4.78, 5) is 16.9. The number of rotatable bonds is 5. The topological polar surface area (TPSA) is 49.6 Å². The Morgan fingerprint density at radius 1 is 1.29 bits per heavy atom. The fourth-order valence-corrected chi connectivity index (χ4v) is 3.65. The summed E-state index contributed by atoms with van der Waals surface area (Å²) in [6, 6.07) is 0.601. The van der Waals surface area contributed by atoms with E-state index < -0.39 is 0 Å². The number of amides is 1. The lowest BCUT2D eigenvalue weighted by atomic mass is 9.92. The van der Waals surface area contributed by atoms with Gasteiger partial charge in [-0.2, -0.15) is 0 Å². The van der Waals surface area contributed by atoms with Gasteiger partial charge in [-0.3, -0.25) is 4.79 Å². The van der Waals surface area contributed by atoms with Gasteiger partial charge in [0.25, 0.3) is 0 Å². The highest BCUT2D eigenvalue weighted by Gasteiger charge is 2.34. The average Bonchev–Trinajstić information content (AvgIpc) is 2.85. The SMILES string of the molecule is CC(C)N(C)CC1CCN(C(=O)CC2(N)CCCC2)CC1. The molecule has 4 heteroatoms. The molecule has 1 heterocycles. The van der Waals surface area contributed by atoms with Crippen LogP contribution in [0.3, 0.4) is 0 Å². The Labute approximate surface area is 130 Å². The number of carbonyl (C=O) groups excluding carboxylic acids is 1. The fraction of sp³-hybridized carbons (Fsp3) is 0.941. The van der Waals surface area contributed by atoms with E-state index in [-0.39, 0.29) is 11.4 Å². The predicted octanol–water partition coefficient (Wildman–Crippen LogP) is 2.23. The Bertz CT molecular complexity index is 342. The third-order valence-corrected chi connectivity index (χ3v) is 5.50. The molecule has 0 aromatic carbocycles. The lowest BCUT2D eigenvalue weighted by Crippen LogP contribution is -2.47. The van der Waals surface area contributed by atoms with E-state index in [4.69, 9.17) is 5.73 Å². The van der Waals surface area contributed by atoms with E-state index in [1.54, 1.807) is 0 Å². The van der Waals surface area contributed by atoms with Gasteiger partial charge in [-0.1, -0.05) is 12.8 Å². The van der Waals surface area contributed by atoms with Gasteiger partial charge in [-0.15, -0.1) is 0 Å². The Morgan fingerprint density at radius 3 is 2.38 bits per heavy atom. The standard InChI is InChI=1S/C17H33N3O/c1-14(2)19(3)13-15-6-10-20(11-7-15)16(21)12-17(18)8-4-5-9-17/h14-15H,4-13,18H2,1-3H3. The highest BCUT2D eigenvalue weighted by molar-refractivity contribution is 5.77. The number of nitrogens with zero attached hydrogens (tertiary/aromatic N) is 2. The first-order valence-corrected chi connectivity index (χ1v) is 8.66. The molecule has 2 aliphatic rings. The molecule has 1 aliphatic heterocycles. The first-order valence-electron chi connectivity index (χ1n) is 8.66. The smallest absolute Gasteiger partial charge is 0.224 e. The van der Waals surface area contributed by atoms with Crippen LogP contribution in [0, 0.1) is 5.92 Å². The van der Waals surface area contributed by atoms with Gasteiger partial charge in [-0.25, -0.2) is 0 Å². The monoisotopic (exact) mass is 295 g/mol. The largest absolute Gasteiger partial charge is 0.343 e. The summed E-state index contributed by atoms with van der Waals surface area (Å²) in [7, 11) is 2.19. The normalized spacial score (nSPS) is 23.2. The van der Waals surface area contributed by atoms with Gasteiger partial charge in [0.2, 0.25) is 5.91 Å². The summed E-state index contributed by atoms with van der Waals surface area (Å²) in [5.74, 6) is 1.02. The second kappa shape index (κ2) is 7.10. The van der Waals surface area contributed by atoms with Gasteiger partial charge >= 0.3 is 0 Å². The molecule has 1 saturated heterocycles. The Kier molecular flexibility index (Phi) is 5.67. The number of piperidine rings is 1. The number of hydrogen-bond acceptors (Lipinski definition) is 3. The van der Waals surface area contributed by atoms with Crippen LogP contribution in [0.5, 0.6) is 0 Å². The van der Waals surface area contributed by atoms with Crippen LogP contribution in [0.1, 0.15) is 58.8 Å². The maximum atomic E-state index is 12.4. The molecule has 0 radical (unpaired) electrons. The van der Waals surface area contributed by atoms with Gasteiger partial charge in [0.1, 0.15) is 0 Å². The summed E-state index contributed by atoms with van der Waals surface area (Å²) in [5, 5.41) is 0. The Balaban J connectivity index is 1.74. The molecule has 2 fully saturated rings. The van der Waals surface area contributed by atoms with Gasteiger partial charge in [0.15, 0.2) is 0 Å². The van der Waals surface area contributed by atoms with Crippen molar-refractivity contribution in [3.63, 3.8) is 0 Å². The molecule has 0 unspecified atom stereocenters. The van der Waals surface area contributed by atoms with Gasteiger partial charge in [0, 0.05) is 37.6 Å². The molecule has 0 bridgehead atoms. The number of likely N-dealkylation sites (tertiary alicyclic amines) is 1. The molecule has 0 atom stereocenters. The minimum absolute atomic E-state index is 0.203. The molecule has 2 N–H and O–H groups in total. The molecular formula is C17H33N3O. The fourth-order valence-electron chi connectivity index (χ4n) is 3.65. The van der Waals surface area contributed by atoms with Crippen molar-refractivity contribution in [2.24, 2.45) is 11.7 Å². The maximum absolute atomic E-state index is 12.4. The zero-order chi connectivity index (χ0) is 15.5. The zero-order valence-electron chi connectivity index (χ0n) is 14.1. The van der Waals surface area contributed by atoms with Crippen molar-refractivity contribution in [3.05, 3.63) is 0 Å². The summed E-state index contributed by atoms with van der Waals surface area (Å²) in [6.07, 6.45) is 7.26. The number of carbonyl (C=O) groups is 1. The summed E-state index contributed by atoms with van der Waals surface area (Å²) < 4.78 is 0. The second-order valence-electron chi connectivity index (χ2n) is 7.60. The zero-order valence-corrected chi connectivity index (χ0v) is 14.1. The molecule has 122 valence electrons. The molecule has 1 aliphatic carbocycles. The Morgan fingerprint density at radius 2 is 1.86 bits per heavy atom. The third-order valence-electron chi connectivity index (χ3n) is 5.50. The molecule has 21 heavy (non-hydrogen) atoms. The van der Waals surface area contributed by atoms with Gasteiger partial charge in [0.05, 0.1) is 0 Å². The highest BCUT2D eigenvalue weighted by atomic mass is 16.2. The second-order valence-corrected chi connectivity index (χ2v) is 7.60. The van der Waals surface area contributed by atoms with Crippen LogP contribution in [0.25, 0.3) is 0 Å². The lowest BCUT2D eigenvalue weighted by molar-refractivity contribution is -0.133. The molecule has 0 spiro atoms. The van der Waals surface area contributed by atoms with Crippen molar-refractivity contribution in [2.75, 3.05) is 26.7 Å². The van der Waals surface area contributed by atoms with Crippen LogP contribution in [0.15, 0.2) is 0 Å². The van der Waals surface area contributed by atoms with Crippen molar-refractivity contribution in [3.8, 4) is 0 Å². The van der Waals surface area contributed by atoms with Crippen LogP contribution in [0.2, 0.25) is 0 Å². The van der Waals surface area contributed by atoms with E-state index >= 15 is 0 Å². The van der Waals surface area contributed by atoms with Gasteiger partial charge in [-0.05, 0) is 52.5 Å². The van der Waals surface area contributed by atoms with Gasteiger partial charge < -0.3 is 15.5 Å². The van der Waals surface area contributed by atoms with Crippen LogP contribution >= 0.6 is 0 Å². The molecule has 1 saturated carbocycles. The molecule has 0 aromatic heterocycles. The minimum Gasteiger partial charge on any atom is -0.343 e. The van der Waals surface area contributed by atoms with Crippen LogP contribution in [0.4, 0.5) is 0 Å². The van der Waals surface area contributed by atoms with Crippen molar-refractivity contribution in [1.29, 1.82) is 0 Å². The first kappa shape index (κ1) is 16.8. The third kappa shape index (κ3) is 4.68. The molecule has 0 aromatic rings. The van der Waals surface area contributed by atoms with E-state index in [2.05, 4.69) is 30.7 Å².